The van der Waals surface area contributed by atoms with Crippen molar-refractivity contribution in [2.75, 3.05) is 20.8 Å². The van der Waals surface area contributed by atoms with Crippen LogP contribution in [0, 0.1) is 5.92 Å². The molecule has 1 fully saturated rings. The minimum Gasteiger partial charge on any atom is -0.497 e. The minimum absolute atomic E-state index is 0.524. The number of ether oxygens (including phenoxy) is 2. The number of benzene rings is 1. The van der Waals surface area contributed by atoms with Crippen LogP contribution in [0.3, 0.4) is 0 Å². The lowest BCUT2D eigenvalue weighted by Crippen LogP contribution is -2.30. The van der Waals surface area contributed by atoms with E-state index < -0.39 is 6.10 Å². The number of rotatable bonds is 6. The van der Waals surface area contributed by atoms with Crippen LogP contribution in [0.4, 0.5) is 0 Å². The van der Waals surface area contributed by atoms with Crippen LogP contribution < -0.4 is 14.8 Å². The van der Waals surface area contributed by atoms with E-state index in [2.05, 4.69) is 12.2 Å². The molecule has 2 N–H and O–H groups in total. The molecule has 0 heterocycles. The van der Waals surface area contributed by atoms with Gasteiger partial charge in [0.1, 0.15) is 11.5 Å². The van der Waals surface area contributed by atoms with E-state index in [1.54, 1.807) is 14.2 Å². The van der Waals surface area contributed by atoms with Crippen molar-refractivity contribution in [1.82, 2.24) is 5.32 Å². The van der Waals surface area contributed by atoms with Gasteiger partial charge in [0.15, 0.2) is 0 Å². The normalized spacial score (nSPS) is 23.6. The second-order valence-electron chi connectivity index (χ2n) is 5.65. The van der Waals surface area contributed by atoms with Crippen molar-refractivity contribution in [3.05, 3.63) is 23.8 Å². The third kappa shape index (κ3) is 3.64. The lowest BCUT2D eigenvalue weighted by Gasteiger charge is -2.19. The Morgan fingerprint density at radius 3 is 2.70 bits per heavy atom. The zero-order valence-electron chi connectivity index (χ0n) is 12.6. The molecule has 0 aromatic heterocycles. The summed E-state index contributed by atoms with van der Waals surface area (Å²) in [7, 11) is 3.24. The number of nitrogens with one attached hydrogen (secondary N) is 1. The molecule has 0 radical (unpaired) electrons. The lowest BCUT2D eigenvalue weighted by molar-refractivity contribution is 0.165. The summed E-state index contributed by atoms with van der Waals surface area (Å²) in [6.45, 7) is 2.82. The Morgan fingerprint density at radius 1 is 1.30 bits per heavy atom. The molecule has 0 saturated heterocycles. The number of methoxy groups -OCH3 is 2. The van der Waals surface area contributed by atoms with Gasteiger partial charge in [0.2, 0.25) is 0 Å². The number of aliphatic hydroxyl groups excluding tert-OH is 1. The third-order valence-electron chi connectivity index (χ3n) is 4.09. The molecule has 1 aromatic carbocycles. The van der Waals surface area contributed by atoms with E-state index in [9.17, 15) is 5.11 Å². The Labute approximate surface area is 121 Å². The molecule has 0 spiro atoms. The first-order chi connectivity index (χ1) is 9.63. The van der Waals surface area contributed by atoms with Crippen LogP contribution in [-0.4, -0.2) is 31.9 Å². The number of hydrogen-bond donors (Lipinski definition) is 2. The van der Waals surface area contributed by atoms with Gasteiger partial charge in [-0.3, -0.25) is 0 Å². The summed E-state index contributed by atoms with van der Waals surface area (Å²) in [5.41, 5.74) is 0.769. The first-order valence-corrected chi connectivity index (χ1v) is 7.27. The predicted octanol–water partition coefficient (Wildman–Crippen LogP) is 2.52. The van der Waals surface area contributed by atoms with E-state index >= 15 is 0 Å². The molecule has 1 aliphatic carbocycles. The van der Waals surface area contributed by atoms with Crippen molar-refractivity contribution < 1.29 is 14.6 Å². The molecule has 3 atom stereocenters. The topological polar surface area (TPSA) is 50.7 Å². The zero-order valence-corrected chi connectivity index (χ0v) is 12.6. The summed E-state index contributed by atoms with van der Waals surface area (Å²) < 4.78 is 10.5. The first-order valence-electron chi connectivity index (χ1n) is 7.27. The first kappa shape index (κ1) is 15.1. The van der Waals surface area contributed by atoms with Crippen LogP contribution in [-0.2, 0) is 0 Å². The Kier molecular flexibility index (Phi) is 5.26. The van der Waals surface area contributed by atoms with Crippen molar-refractivity contribution in [3.63, 3.8) is 0 Å². The van der Waals surface area contributed by atoms with Crippen molar-refractivity contribution in [2.24, 2.45) is 5.92 Å². The molecular weight excluding hydrogens is 254 g/mol. The maximum Gasteiger partial charge on any atom is 0.124 e. The van der Waals surface area contributed by atoms with Gasteiger partial charge >= 0.3 is 0 Å². The van der Waals surface area contributed by atoms with E-state index in [0.717, 1.165) is 17.2 Å². The lowest BCUT2D eigenvalue weighted by atomic mass is 10.1. The van der Waals surface area contributed by atoms with Gasteiger partial charge in [0, 0.05) is 18.2 Å². The molecule has 0 aliphatic heterocycles. The summed E-state index contributed by atoms with van der Waals surface area (Å²) in [5, 5.41) is 13.8. The van der Waals surface area contributed by atoms with E-state index in [4.69, 9.17) is 9.47 Å². The highest BCUT2D eigenvalue weighted by atomic mass is 16.5. The van der Waals surface area contributed by atoms with Gasteiger partial charge in [-0.2, -0.15) is 0 Å². The standard InChI is InChI=1S/C16H25NO3/c1-11-4-5-12(8-11)17-10-15(18)14-9-13(19-2)6-7-16(14)20-3/h6-7,9,11-12,15,17-18H,4-5,8,10H2,1-3H3. The summed E-state index contributed by atoms with van der Waals surface area (Å²) in [4.78, 5) is 0. The Hall–Kier alpha value is -1.26. The second kappa shape index (κ2) is 6.95. The quantitative estimate of drug-likeness (QED) is 0.840. The fourth-order valence-electron chi connectivity index (χ4n) is 2.88. The van der Waals surface area contributed by atoms with Crippen LogP contribution in [0.25, 0.3) is 0 Å². The highest BCUT2D eigenvalue weighted by Crippen LogP contribution is 2.30. The SMILES string of the molecule is COc1ccc(OC)c(C(O)CNC2CCC(C)C2)c1. The number of aliphatic hydroxyl groups is 1. The molecule has 0 amide bonds. The van der Waals surface area contributed by atoms with Crippen LogP contribution >= 0.6 is 0 Å². The molecule has 1 aromatic rings. The molecule has 112 valence electrons. The van der Waals surface area contributed by atoms with E-state index in [1.165, 1.54) is 19.3 Å². The van der Waals surface area contributed by atoms with Crippen molar-refractivity contribution in [2.45, 2.75) is 38.3 Å². The molecule has 20 heavy (non-hydrogen) atoms. The zero-order chi connectivity index (χ0) is 14.5. The van der Waals surface area contributed by atoms with Gasteiger partial charge in [0.05, 0.1) is 20.3 Å². The monoisotopic (exact) mass is 279 g/mol. The van der Waals surface area contributed by atoms with Gasteiger partial charge < -0.3 is 19.9 Å². The summed E-state index contributed by atoms with van der Waals surface area (Å²) in [6.07, 6.45) is 3.08. The minimum atomic E-state index is -0.587. The van der Waals surface area contributed by atoms with E-state index in [-0.39, 0.29) is 0 Å². The second-order valence-corrected chi connectivity index (χ2v) is 5.65. The highest BCUT2D eigenvalue weighted by Gasteiger charge is 2.22. The van der Waals surface area contributed by atoms with E-state index in [1.807, 2.05) is 18.2 Å². The maximum absolute atomic E-state index is 10.4. The summed E-state index contributed by atoms with van der Waals surface area (Å²) in [6, 6.07) is 6.02. The maximum atomic E-state index is 10.4. The van der Waals surface area contributed by atoms with Gasteiger partial charge in [-0.25, -0.2) is 0 Å². The Balaban J connectivity index is 1.98. The average Bonchev–Trinajstić information content (AvgIpc) is 2.89. The molecule has 3 unspecified atom stereocenters. The summed E-state index contributed by atoms with van der Waals surface area (Å²) in [5.74, 6) is 2.21. The smallest absolute Gasteiger partial charge is 0.124 e. The third-order valence-corrected chi connectivity index (χ3v) is 4.09. The predicted molar refractivity (Wildman–Crippen MR) is 79.3 cm³/mol. The molecule has 4 heteroatoms. The molecule has 1 aliphatic rings. The van der Waals surface area contributed by atoms with Crippen molar-refractivity contribution in [1.29, 1.82) is 0 Å². The van der Waals surface area contributed by atoms with Crippen LogP contribution in [0.1, 0.15) is 37.9 Å². The Bertz CT molecular complexity index is 436. The molecule has 4 nitrogen and oxygen atoms in total. The number of hydrogen-bond acceptors (Lipinski definition) is 4. The fraction of sp³-hybridized carbons (Fsp3) is 0.625. The largest absolute Gasteiger partial charge is 0.497 e. The molecule has 2 rings (SSSR count). The van der Waals surface area contributed by atoms with Crippen molar-refractivity contribution >= 4 is 0 Å². The van der Waals surface area contributed by atoms with Crippen LogP contribution in [0.15, 0.2) is 18.2 Å². The average molecular weight is 279 g/mol. The van der Waals surface area contributed by atoms with Crippen LogP contribution in [0.5, 0.6) is 11.5 Å². The fourth-order valence-corrected chi connectivity index (χ4v) is 2.88. The van der Waals surface area contributed by atoms with Crippen molar-refractivity contribution in [3.8, 4) is 11.5 Å². The van der Waals surface area contributed by atoms with Gasteiger partial charge in [0.25, 0.3) is 0 Å². The molecule has 1 saturated carbocycles. The molecular formula is C16H25NO3. The highest BCUT2D eigenvalue weighted by molar-refractivity contribution is 5.41. The molecule has 0 bridgehead atoms. The van der Waals surface area contributed by atoms with Gasteiger partial charge in [-0.15, -0.1) is 0 Å². The van der Waals surface area contributed by atoms with Gasteiger partial charge in [-0.05, 0) is 43.4 Å². The van der Waals surface area contributed by atoms with Crippen LogP contribution in [0.2, 0.25) is 0 Å². The van der Waals surface area contributed by atoms with Gasteiger partial charge in [-0.1, -0.05) is 6.92 Å². The summed E-state index contributed by atoms with van der Waals surface area (Å²) >= 11 is 0. The Morgan fingerprint density at radius 2 is 2.10 bits per heavy atom. The van der Waals surface area contributed by atoms with E-state index in [0.29, 0.717) is 18.3 Å².